The second kappa shape index (κ2) is 21.8. The Balaban J connectivity index is 2.00. The van der Waals surface area contributed by atoms with E-state index in [0.717, 1.165) is 46.9 Å². The summed E-state index contributed by atoms with van der Waals surface area (Å²) in [4.78, 5) is 23.7. The highest BCUT2D eigenvalue weighted by Crippen LogP contribution is 2.36. The molecule has 0 bridgehead atoms. The van der Waals surface area contributed by atoms with Gasteiger partial charge in [0.2, 0.25) is 0 Å². The monoisotopic (exact) mass is 684 g/mol. The van der Waals surface area contributed by atoms with Crippen LogP contribution in [0, 0.1) is 5.92 Å². The third kappa shape index (κ3) is 12.6. The lowest BCUT2D eigenvalue weighted by molar-refractivity contribution is -0.139. The number of carbonyl (C=O) groups is 2. The van der Waals surface area contributed by atoms with Gasteiger partial charge in [-0.25, -0.2) is 9.59 Å². The van der Waals surface area contributed by atoms with Gasteiger partial charge in [0.05, 0.1) is 19.8 Å². The molecule has 7 nitrogen and oxygen atoms in total. The van der Waals surface area contributed by atoms with Crippen LogP contribution in [0.2, 0.25) is 0 Å². The fourth-order valence-corrected chi connectivity index (χ4v) is 5.87. The molecule has 3 aromatic carbocycles. The van der Waals surface area contributed by atoms with Gasteiger partial charge in [-0.3, -0.25) is 0 Å². The van der Waals surface area contributed by atoms with Crippen molar-refractivity contribution in [1.82, 2.24) is 0 Å². The summed E-state index contributed by atoms with van der Waals surface area (Å²) in [6, 6.07) is 19.9. The molecule has 0 saturated heterocycles. The van der Waals surface area contributed by atoms with Gasteiger partial charge >= 0.3 is 11.9 Å². The number of esters is 2. The minimum absolute atomic E-state index is 0.125. The fraction of sp³-hybridized carbons (Fsp3) is 0.442. The van der Waals surface area contributed by atoms with Gasteiger partial charge in [-0.15, -0.1) is 0 Å². The second-order valence-electron chi connectivity index (χ2n) is 12.9. The van der Waals surface area contributed by atoms with Crippen LogP contribution in [-0.2, 0) is 44.7 Å². The fourth-order valence-electron chi connectivity index (χ4n) is 5.87. The van der Waals surface area contributed by atoms with Gasteiger partial charge in [0.25, 0.3) is 0 Å². The van der Waals surface area contributed by atoms with Crippen LogP contribution in [0.3, 0.4) is 0 Å². The zero-order chi connectivity index (χ0) is 36.3. The summed E-state index contributed by atoms with van der Waals surface area (Å²) in [5.41, 5.74) is 9.46. The molecule has 270 valence electrons. The first-order valence-corrected chi connectivity index (χ1v) is 18.1. The van der Waals surface area contributed by atoms with Crippen LogP contribution in [0.25, 0.3) is 22.3 Å². The molecule has 0 fully saturated rings. The van der Waals surface area contributed by atoms with Gasteiger partial charge in [-0.2, -0.15) is 0 Å². The molecule has 3 aromatic rings. The minimum atomic E-state index is -0.460. The van der Waals surface area contributed by atoms with Crippen molar-refractivity contribution < 1.29 is 34.0 Å². The van der Waals surface area contributed by atoms with Crippen LogP contribution in [0.4, 0.5) is 0 Å². The van der Waals surface area contributed by atoms with Crippen molar-refractivity contribution in [3.8, 4) is 28.0 Å². The molecule has 0 amide bonds. The summed E-state index contributed by atoms with van der Waals surface area (Å²) < 4.78 is 17.1. The highest BCUT2D eigenvalue weighted by molar-refractivity contribution is 5.86. The van der Waals surface area contributed by atoms with E-state index >= 15 is 0 Å². The van der Waals surface area contributed by atoms with E-state index in [1.165, 1.54) is 41.5 Å². The molecule has 50 heavy (non-hydrogen) atoms. The number of carbonyl (C=O) groups excluding carboxylic acids is 2. The average molecular weight is 685 g/mol. The molecule has 0 aliphatic rings. The van der Waals surface area contributed by atoms with Crippen LogP contribution in [0.1, 0.15) is 81.5 Å². The number of aliphatic hydroxyl groups excluding tert-OH is 2. The van der Waals surface area contributed by atoms with E-state index in [9.17, 15) is 19.8 Å². The van der Waals surface area contributed by atoms with Gasteiger partial charge < -0.3 is 24.4 Å². The average Bonchev–Trinajstić information content (AvgIpc) is 3.13. The highest BCUT2D eigenvalue weighted by atomic mass is 16.5. The summed E-state index contributed by atoms with van der Waals surface area (Å²) in [6.07, 6.45) is 9.63. The van der Waals surface area contributed by atoms with Crippen molar-refractivity contribution in [2.24, 2.45) is 5.92 Å². The lowest BCUT2D eigenvalue weighted by Crippen LogP contribution is -2.16. The van der Waals surface area contributed by atoms with Crippen molar-refractivity contribution in [2.75, 3.05) is 33.0 Å². The van der Waals surface area contributed by atoms with Crippen molar-refractivity contribution in [2.45, 2.75) is 85.0 Å². The topological polar surface area (TPSA) is 102 Å². The molecule has 3 rings (SSSR count). The van der Waals surface area contributed by atoms with Gasteiger partial charge in [0.15, 0.2) is 0 Å². The number of aryl methyl sites for hydroxylation is 4. The standard InChI is InChI=1S/C43H56O7/c1-6-9-10-13-32-16-18-35(19-17-32)36-20-21-40(34(7-2)26-36)39-27-37(14-11-23-48-41(46)8-3)42(49-25-22-33(29-44)30-45)38(28-39)15-12-24-50-43(47)31(4)5/h8,16-21,26-28,33,44-45H,3-4,6-7,9-15,22-25,29-30H2,1-2,5H3. The molecule has 0 spiro atoms. The Hall–Kier alpha value is -4.20. The zero-order valence-electron chi connectivity index (χ0n) is 30.3. The molecular weight excluding hydrogens is 628 g/mol. The Labute approximate surface area is 299 Å². The summed E-state index contributed by atoms with van der Waals surface area (Å²) >= 11 is 0. The van der Waals surface area contributed by atoms with E-state index in [-0.39, 0.29) is 32.3 Å². The normalized spacial score (nSPS) is 11.0. The Bertz CT molecular complexity index is 1540. The van der Waals surface area contributed by atoms with Crippen molar-refractivity contribution in [3.05, 3.63) is 102 Å². The molecule has 0 aromatic heterocycles. The number of hydrogen-bond donors (Lipinski definition) is 2. The number of hydrogen-bond acceptors (Lipinski definition) is 7. The predicted octanol–water partition coefficient (Wildman–Crippen LogP) is 8.40. The summed E-state index contributed by atoms with van der Waals surface area (Å²) in [6.45, 7) is 13.7. The predicted molar refractivity (Wildman–Crippen MR) is 201 cm³/mol. The minimum Gasteiger partial charge on any atom is -0.493 e. The van der Waals surface area contributed by atoms with Crippen LogP contribution in [-0.4, -0.2) is 55.2 Å². The maximum absolute atomic E-state index is 12.0. The molecule has 0 heterocycles. The third-order valence-corrected chi connectivity index (χ3v) is 8.86. The van der Waals surface area contributed by atoms with Gasteiger partial charge in [-0.05, 0) is 115 Å². The summed E-state index contributed by atoms with van der Waals surface area (Å²) in [5, 5.41) is 19.2. The molecule has 0 aliphatic carbocycles. The van der Waals surface area contributed by atoms with E-state index in [4.69, 9.17) is 14.2 Å². The summed E-state index contributed by atoms with van der Waals surface area (Å²) in [7, 11) is 0. The second-order valence-corrected chi connectivity index (χ2v) is 12.9. The van der Waals surface area contributed by atoms with E-state index < -0.39 is 11.9 Å². The number of benzene rings is 3. The molecule has 0 unspecified atom stereocenters. The lowest BCUT2D eigenvalue weighted by Gasteiger charge is -2.21. The van der Waals surface area contributed by atoms with E-state index in [0.29, 0.717) is 44.3 Å². The zero-order valence-corrected chi connectivity index (χ0v) is 30.3. The quantitative estimate of drug-likeness (QED) is 0.0588. The number of rotatable bonds is 23. The molecule has 0 saturated carbocycles. The first kappa shape index (κ1) is 40.2. The van der Waals surface area contributed by atoms with Gasteiger partial charge in [0, 0.05) is 30.8 Å². The molecule has 0 aliphatic heterocycles. The van der Waals surface area contributed by atoms with Gasteiger partial charge in [0.1, 0.15) is 5.75 Å². The molecule has 0 radical (unpaired) electrons. The van der Waals surface area contributed by atoms with E-state index in [1.54, 1.807) is 6.92 Å². The first-order chi connectivity index (χ1) is 24.2. The van der Waals surface area contributed by atoms with Crippen molar-refractivity contribution >= 4 is 11.9 Å². The Morgan fingerprint density at radius 1 is 0.760 bits per heavy atom. The highest BCUT2D eigenvalue weighted by Gasteiger charge is 2.17. The first-order valence-electron chi connectivity index (χ1n) is 18.1. The third-order valence-electron chi connectivity index (χ3n) is 8.86. The number of aliphatic hydroxyl groups is 2. The van der Waals surface area contributed by atoms with Crippen LogP contribution >= 0.6 is 0 Å². The molecular formula is C43H56O7. The molecule has 7 heteroatoms. The van der Waals surface area contributed by atoms with Crippen molar-refractivity contribution in [3.63, 3.8) is 0 Å². The smallest absolute Gasteiger partial charge is 0.333 e. The molecule has 0 atom stereocenters. The Kier molecular flexibility index (Phi) is 17.5. The van der Waals surface area contributed by atoms with Crippen LogP contribution in [0.5, 0.6) is 5.75 Å². The molecule has 2 N–H and O–H groups in total. The SMILES string of the molecule is C=CC(=O)OCCCc1cc(-c2ccc(-c3ccc(CCCCC)cc3)cc2CC)cc(CCCOC(=O)C(=C)C)c1OCCC(CO)CO. The van der Waals surface area contributed by atoms with Gasteiger partial charge in [-0.1, -0.05) is 82.3 Å². The van der Waals surface area contributed by atoms with Crippen molar-refractivity contribution in [1.29, 1.82) is 0 Å². The Morgan fingerprint density at radius 2 is 1.38 bits per heavy atom. The van der Waals surface area contributed by atoms with E-state index in [1.807, 2.05) is 0 Å². The Morgan fingerprint density at radius 3 is 1.96 bits per heavy atom. The van der Waals surface area contributed by atoms with Crippen LogP contribution < -0.4 is 4.74 Å². The largest absolute Gasteiger partial charge is 0.493 e. The van der Waals surface area contributed by atoms with E-state index in [2.05, 4.69) is 81.6 Å². The maximum atomic E-state index is 12.0. The maximum Gasteiger partial charge on any atom is 0.333 e. The number of unbranched alkanes of at least 4 members (excludes halogenated alkanes) is 2. The number of ether oxygens (including phenoxy) is 3. The summed E-state index contributed by atoms with van der Waals surface area (Å²) in [5.74, 6) is -0.414. The van der Waals surface area contributed by atoms with Crippen LogP contribution in [0.15, 0.2) is 79.4 Å². The lowest BCUT2D eigenvalue weighted by atomic mass is 9.89.